The van der Waals surface area contributed by atoms with Crippen molar-refractivity contribution < 1.29 is 13.2 Å². The van der Waals surface area contributed by atoms with Gasteiger partial charge in [-0.05, 0) is 6.42 Å². The Morgan fingerprint density at radius 3 is 2.77 bits per heavy atom. The topological polar surface area (TPSA) is 107 Å². The molecule has 1 saturated heterocycles. The van der Waals surface area contributed by atoms with Crippen LogP contribution < -0.4 is 15.6 Å². The molecule has 1 aliphatic heterocycles. The fraction of sp³-hybridized carbons (Fsp3) is 1.00. The first kappa shape index (κ1) is 9.35. The number of ether oxygens (including phenoxy) is 1. The van der Waals surface area contributed by atoms with Crippen molar-refractivity contribution in [3.8, 4) is 0 Å². The predicted molar refractivity (Wildman–Crippen MR) is 45.9 cm³/mol. The van der Waals surface area contributed by atoms with Gasteiger partial charge in [-0.15, -0.1) is 0 Å². The molecule has 2 aliphatic rings. The summed E-state index contributed by atoms with van der Waals surface area (Å²) in [5, 5.41) is 4.84. The lowest BCUT2D eigenvalue weighted by Crippen LogP contribution is -2.69. The first-order valence-electron chi connectivity index (χ1n) is 4.16. The minimum atomic E-state index is -3.67. The minimum Gasteiger partial charge on any atom is -0.376 e. The van der Waals surface area contributed by atoms with Gasteiger partial charge in [0, 0.05) is 18.6 Å². The molecule has 1 aliphatic carbocycles. The highest BCUT2D eigenvalue weighted by Gasteiger charge is 2.53. The number of fused-ring (bicyclic) bond motifs is 1. The van der Waals surface area contributed by atoms with Crippen molar-refractivity contribution in [3.63, 3.8) is 0 Å². The summed E-state index contributed by atoms with van der Waals surface area (Å²) in [7, 11) is -3.67. The molecule has 1 saturated carbocycles. The highest BCUT2D eigenvalue weighted by Crippen LogP contribution is 2.37. The maximum absolute atomic E-state index is 10.7. The Kier molecular flexibility index (Phi) is 2.08. The summed E-state index contributed by atoms with van der Waals surface area (Å²) >= 11 is 0. The monoisotopic (exact) mass is 207 g/mol. The molecule has 1 heterocycles. The SMILES string of the molecule is NC1C2CCOC2C1NS(N)(=O)=O. The van der Waals surface area contributed by atoms with E-state index in [4.69, 9.17) is 15.6 Å². The molecule has 0 bridgehead atoms. The number of hydrogen-bond acceptors (Lipinski definition) is 4. The lowest BCUT2D eigenvalue weighted by atomic mass is 9.73. The van der Waals surface area contributed by atoms with Crippen molar-refractivity contribution in [2.24, 2.45) is 16.8 Å². The van der Waals surface area contributed by atoms with Crippen LogP contribution in [0.5, 0.6) is 0 Å². The standard InChI is InChI=1S/C6H13N3O3S/c7-4-3-1-2-12-6(3)5(4)9-13(8,10)11/h3-6,9H,1-2,7H2,(H2,8,10,11). The number of nitrogens with one attached hydrogen (secondary N) is 1. The summed E-state index contributed by atoms with van der Waals surface area (Å²) in [4.78, 5) is 0. The van der Waals surface area contributed by atoms with Gasteiger partial charge in [-0.2, -0.15) is 13.1 Å². The van der Waals surface area contributed by atoms with E-state index in [9.17, 15) is 8.42 Å². The van der Waals surface area contributed by atoms with Gasteiger partial charge in [0.25, 0.3) is 10.2 Å². The van der Waals surface area contributed by atoms with Gasteiger partial charge >= 0.3 is 0 Å². The molecule has 7 heteroatoms. The Morgan fingerprint density at radius 2 is 2.15 bits per heavy atom. The van der Waals surface area contributed by atoms with Crippen LogP contribution in [0.15, 0.2) is 0 Å². The van der Waals surface area contributed by atoms with Gasteiger partial charge in [-0.3, -0.25) is 0 Å². The van der Waals surface area contributed by atoms with Crippen molar-refractivity contribution in [3.05, 3.63) is 0 Å². The first-order valence-corrected chi connectivity index (χ1v) is 5.71. The van der Waals surface area contributed by atoms with E-state index in [0.717, 1.165) is 6.42 Å². The summed E-state index contributed by atoms with van der Waals surface area (Å²) in [5.41, 5.74) is 5.75. The predicted octanol–water partition coefficient (Wildman–Crippen LogP) is -2.11. The Balaban J connectivity index is 2.02. The smallest absolute Gasteiger partial charge is 0.274 e. The molecule has 2 rings (SSSR count). The maximum atomic E-state index is 10.7. The normalized spacial score (nSPS) is 44.2. The molecular weight excluding hydrogens is 194 g/mol. The molecule has 0 aromatic rings. The Morgan fingerprint density at radius 1 is 1.46 bits per heavy atom. The zero-order chi connectivity index (χ0) is 9.64. The molecule has 0 radical (unpaired) electrons. The second-order valence-corrected chi connectivity index (χ2v) is 4.88. The summed E-state index contributed by atoms with van der Waals surface area (Å²) < 4.78 is 29.0. The van der Waals surface area contributed by atoms with E-state index >= 15 is 0 Å². The second kappa shape index (κ2) is 2.89. The van der Waals surface area contributed by atoms with E-state index in [1.165, 1.54) is 0 Å². The van der Waals surface area contributed by atoms with Crippen LogP contribution in [-0.4, -0.2) is 33.2 Å². The molecule has 0 aromatic heterocycles. The Labute approximate surface area is 76.8 Å². The molecule has 4 unspecified atom stereocenters. The maximum Gasteiger partial charge on any atom is 0.274 e. The Hall–Kier alpha value is -0.210. The van der Waals surface area contributed by atoms with E-state index in [-0.39, 0.29) is 18.2 Å². The van der Waals surface area contributed by atoms with Crippen LogP contribution in [0, 0.1) is 5.92 Å². The van der Waals surface area contributed by atoms with Gasteiger partial charge in [-0.25, -0.2) is 5.14 Å². The van der Waals surface area contributed by atoms with Crippen LogP contribution in [0.25, 0.3) is 0 Å². The number of rotatable bonds is 2. The third-order valence-corrected chi connectivity index (χ3v) is 3.35. The fourth-order valence-corrected chi connectivity index (χ4v) is 2.76. The molecule has 2 fully saturated rings. The molecule has 13 heavy (non-hydrogen) atoms. The van der Waals surface area contributed by atoms with Crippen LogP contribution in [0.3, 0.4) is 0 Å². The van der Waals surface area contributed by atoms with Crippen molar-refractivity contribution in [2.75, 3.05) is 6.61 Å². The lowest BCUT2D eigenvalue weighted by molar-refractivity contribution is -0.00923. The van der Waals surface area contributed by atoms with Crippen molar-refractivity contribution in [2.45, 2.75) is 24.6 Å². The summed E-state index contributed by atoms with van der Waals surface area (Å²) in [5.74, 6) is 0.291. The van der Waals surface area contributed by atoms with Gasteiger partial charge in [0.1, 0.15) is 0 Å². The van der Waals surface area contributed by atoms with Gasteiger partial charge in [-0.1, -0.05) is 0 Å². The first-order chi connectivity index (χ1) is 5.99. The molecular formula is C6H13N3O3S. The van der Waals surface area contributed by atoms with Crippen LogP contribution in [0.4, 0.5) is 0 Å². The van der Waals surface area contributed by atoms with Gasteiger partial charge in [0.15, 0.2) is 0 Å². The van der Waals surface area contributed by atoms with E-state index in [2.05, 4.69) is 4.72 Å². The third kappa shape index (κ3) is 1.57. The average molecular weight is 207 g/mol. The largest absolute Gasteiger partial charge is 0.376 e. The Bertz CT molecular complexity index is 304. The van der Waals surface area contributed by atoms with E-state index in [1.54, 1.807) is 0 Å². The molecule has 6 nitrogen and oxygen atoms in total. The van der Waals surface area contributed by atoms with Crippen LogP contribution in [-0.2, 0) is 14.9 Å². The fourth-order valence-electron chi connectivity index (χ4n) is 2.08. The quantitative estimate of drug-likeness (QED) is 0.481. The zero-order valence-electron chi connectivity index (χ0n) is 7.01. The second-order valence-electron chi connectivity index (χ2n) is 3.55. The molecule has 4 atom stereocenters. The molecule has 5 N–H and O–H groups in total. The summed E-state index contributed by atoms with van der Waals surface area (Å²) in [6.45, 7) is 0.659. The van der Waals surface area contributed by atoms with Crippen molar-refractivity contribution in [1.82, 2.24) is 4.72 Å². The van der Waals surface area contributed by atoms with E-state index in [0.29, 0.717) is 12.5 Å². The average Bonchev–Trinajstić information content (AvgIpc) is 2.42. The van der Waals surface area contributed by atoms with E-state index in [1.807, 2.05) is 0 Å². The van der Waals surface area contributed by atoms with Crippen LogP contribution >= 0.6 is 0 Å². The van der Waals surface area contributed by atoms with Gasteiger partial charge in [0.2, 0.25) is 0 Å². The molecule has 0 amide bonds. The zero-order valence-corrected chi connectivity index (χ0v) is 7.83. The summed E-state index contributed by atoms with van der Waals surface area (Å²) in [6, 6.07) is -0.506. The van der Waals surface area contributed by atoms with Crippen molar-refractivity contribution >= 4 is 10.2 Å². The van der Waals surface area contributed by atoms with Gasteiger partial charge in [0.05, 0.1) is 12.1 Å². The third-order valence-electron chi connectivity index (χ3n) is 2.75. The highest BCUT2D eigenvalue weighted by atomic mass is 32.2. The number of nitrogens with two attached hydrogens (primary N) is 2. The van der Waals surface area contributed by atoms with Gasteiger partial charge < -0.3 is 10.5 Å². The van der Waals surface area contributed by atoms with Crippen LogP contribution in [0.1, 0.15) is 6.42 Å². The summed E-state index contributed by atoms with van der Waals surface area (Å²) in [6.07, 6.45) is 0.836. The molecule has 0 aromatic carbocycles. The number of hydrogen-bond donors (Lipinski definition) is 3. The molecule has 0 spiro atoms. The van der Waals surface area contributed by atoms with Crippen LogP contribution in [0.2, 0.25) is 0 Å². The lowest BCUT2D eigenvalue weighted by Gasteiger charge is -2.44. The van der Waals surface area contributed by atoms with Crippen molar-refractivity contribution in [1.29, 1.82) is 0 Å². The molecule has 76 valence electrons. The van der Waals surface area contributed by atoms with E-state index < -0.39 is 10.2 Å². The minimum absolute atomic E-state index is 0.0756. The highest BCUT2D eigenvalue weighted by molar-refractivity contribution is 7.87.